The Balaban J connectivity index is 1.53. The quantitative estimate of drug-likeness (QED) is 0.160. The molecule has 5 nitrogen and oxygen atoms in total. The van der Waals surface area contributed by atoms with E-state index in [1.807, 2.05) is 0 Å². The molecule has 194 valence electrons. The molecule has 0 fully saturated rings. The maximum atomic E-state index is 12.5. The summed E-state index contributed by atoms with van der Waals surface area (Å²) in [6, 6.07) is 16.8. The maximum absolute atomic E-state index is 12.5. The molecular weight excluding hydrogens is 464 g/mol. The number of carbonyl (C=O) groups excluding carboxylic acids is 1. The fourth-order valence-electron chi connectivity index (χ4n) is 4.24. The number of nitrogens with one attached hydrogen (secondary N) is 1. The SMILES string of the molecule is CCCCCCCCCCCC(=O)NCc1nnc(SCc2ccccc2C)n1-c1ccc(C)cc1. The smallest absolute Gasteiger partial charge is 0.220 e. The van der Waals surface area contributed by atoms with E-state index in [1.54, 1.807) is 11.8 Å². The lowest BCUT2D eigenvalue weighted by molar-refractivity contribution is -0.121. The molecule has 0 aliphatic carbocycles. The van der Waals surface area contributed by atoms with Gasteiger partial charge in [-0.05, 0) is 43.5 Å². The van der Waals surface area contributed by atoms with Crippen LogP contribution in [0.1, 0.15) is 93.6 Å². The second-order valence-electron chi connectivity index (χ2n) is 9.64. The van der Waals surface area contributed by atoms with Gasteiger partial charge >= 0.3 is 0 Å². The molecule has 36 heavy (non-hydrogen) atoms. The van der Waals surface area contributed by atoms with E-state index in [0.29, 0.717) is 13.0 Å². The van der Waals surface area contributed by atoms with Crippen molar-refractivity contribution in [2.45, 2.75) is 102 Å². The Bertz CT molecular complexity index is 1060. The fraction of sp³-hybridized carbons (Fsp3) is 0.500. The Morgan fingerprint density at radius 1 is 0.861 bits per heavy atom. The molecule has 1 N–H and O–H groups in total. The van der Waals surface area contributed by atoms with E-state index in [0.717, 1.165) is 35.3 Å². The van der Waals surface area contributed by atoms with Crippen molar-refractivity contribution in [2.75, 3.05) is 0 Å². The zero-order chi connectivity index (χ0) is 25.6. The van der Waals surface area contributed by atoms with Crippen LogP contribution in [0, 0.1) is 13.8 Å². The van der Waals surface area contributed by atoms with E-state index < -0.39 is 0 Å². The van der Waals surface area contributed by atoms with Crippen LogP contribution < -0.4 is 5.32 Å². The van der Waals surface area contributed by atoms with Crippen molar-refractivity contribution < 1.29 is 4.79 Å². The van der Waals surface area contributed by atoms with Gasteiger partial charge in [0.2, 0.25) is 5.91 Å². The van der Waals surface area contributed by atoms with Crippen LogP contribution in [0.25, 0.3) is 5.69 Å². The lowest BCUT2D eigenvalue weighted by atomic mass is 10.1. The van der Waals surface area contributed by atoms with Gasteiger partial charge in [0, 0.05) is 17.9 Å². The molecule has 1 aromatic heterocycles. The van der Waals surface area contributed by atoms with Gasteiger partial charge in [-0.2, -0.15) is 0 Å². The summed E-state index contributed by atoms with van der Waals surface area (Å²) >= 11 is 1.67. The van der Waals surface area contributed by atoms with Crippen LogP contribution in [0.2, 0.25) is 0 Å². The molecule has 1 amide bonds. The first kappa shape index (κ1) is 28.0. The monoisotopic (exact) mass is 506 g/mol. The molecule has 0 aliphatic rings. The van der Waals surface area contributed by atoms with Gasteiger partial charge in [0.05, 0.1) is 6.54 Å². The van der Waals surface area contributed by atoms with Crippen LogP contribution in [0.5, 0.6) is 0 Å². The zero-order valence-corrected chi connectivity index (χ0v) is 23.1. The van der Waals surface area contributed by atoms with Gasteiger partial charge in [-0.25, -0.2) is 0 Å². The van der Waals surface area contributed by atoms with Crippen molar-refractivity contribution in [3.63, 3.8) is 0 Å². The molecule has 3 aromatic rings. The highest BCUT2D eigenvalue weighted by Gasteiger charge is 2.16. The standard InChI is InChI=1S/C30H42N4OS/c1-4-5-6-7-8-9-10-11-12-17-29(35)31-22-28-32-33-30(34(28)27-20-18-24(2)19-21-27)36-23-26-16-14-13-15-25(26)3/h13-16,18-21H,4-12,17,22-23H2,1-3H3,(H,31,35). The predicted octanol–water partition coefficient (Wildman–Crippen LogP) is 7.71. The summed E-state index contributed by atoms with van der Waals surface area (Å²) in [4.78, 5) is 12.5. The average Bonchev–Trinajstić information content (AvgIpc) is 3.29. The third-order valence-electron chi connectivity index (χ3n) is 6.56. The number of aromatic nitrogens is 3. The average molecular weight is 507 g/mol. The fourth-order valence-corrected chi connectivity index (χ4v) is 5.28. The molecule has 1 heterocycles. The van der Waals surface area contributed by atoms with E-state index in [9.17, 15) is 4.79 Å². The minimum absolute atomic E-state index is 0.0884. The topological polar surface area (TPSA) is 59.8 Å². The molecule has 0 saturated carbocycles. The molecule has 2 aromatic carbocycles. The van der Waals surface area contributed by atoms with Gasteiger partial charge in [0.15, 0.2) is 11.0 Å². The number of thioether (sulfide) groups is 1. The van der Waals surface area contributed by atoms with Crippen molar-refractivity contribution >= 4 is 17.7 Å². The van der Waals surface area contributed by atoms with Crippen molar-refractivity contribution in [3.8, 4) is 5.69 Å². The highest BCUT2D eigenvalue weighted by Crippen LogP contribution is 2.26. The Morgan fingerprint density at radius 3 is 2.22 bits per heavy atom. The molecule has 0 aliphatic heterocycles. The van der Waals surface area contributed by atoms with Crippen molar-refractivity contribution in [1.82, 2.24) is 20.1 Å². The minimum atomic E-state index is 0.0884. The van der Waals surface area contributed by atoms with Gasteiger partial charge < -0.3 is 5.32 Å². The van der Waals surface area contributed by atoms with Gasteiger partial charge in [-0.3, -0.25) is 9.36 Å². The molecule has 3 rings (SSSR count). The number of amides is 1. The maximum Gasteiger partial charge on any atom is 0.220 e. The highest BCUT2D eigenvalue weighted by atomic mass is 32.2. The normalized spacial score (nSPS) is 11.1. The highest BCUT2D eigenvalue weighted by molar-refractivity contribution is 7.98. The summed E-state index contributed by atoms with van der Waals surface area (Å²) < 4.78 is 2.07. The Hall–Kier alpha value is -2.60. The van der Waals surface area contributed by atoms with Crippen LogP contribution in [-0.4, -0.2) is 20.7 Å². The molecule has 6 heteroatoms. The third kappa shape index (κ3) is 9.12. The number of unbranched alkanes of at least 4 members (excludes halogenated alkanes) is 8. The second kappa shape index (κ2) is 15.5. The summed E-state index contributed by atoms with van der Waals surface area (Å²) in [5.74, 6) is 1.67. The molecule has 0 unspecified atom stereocenters. The summed E-state index contributed by atoms with van der Waals surface area (Å²) in [6.45, 7) is 6.84. The summed E-state index contributed by atoms with van der Waals surface area (Å²) in [5.41, 5.74) is 4.78. The van der Waals surface area contributed by atoms with Crippen LogP contribution in [0.15, 0.2) is 53.7 Å². The molecule has 0 spiro atoms. The molecular formula is C30H42N4OS. The molecule has 0 atom stereocenters. The number of carbonyl (C=O) groups is 1. The van der Waals surface area contributed by atoms with Crippen molar-refractivity contribution in [1.29, 1.82) is 0 Å². The number of aryl methyl sites for hydroxylation is 2. The number of hydrogen-bond donors (Lipinski definition) is 1. The number of nitrogens with zero attached hydrogens (tertiary/aromatic N) is 3. The van der Waals surface area contributed by atoms with Crippen molar-refractivity contribution in [2.24, 2.45) is 0 Å². The zero-order valence-electron chi connectivity index (χ0n) is 22.3. The number of benzene rings is 2. The minimum Gasteiger partial charge on any atom is -0.349 e. The summed E-state index contributed by atoms with van der Waals surface area (Å²) in [7, 11) is 0. The number of hydrogen-bond acceptors (Lipinski definition) is 4. The van der Waals surface area contributed by atoms with E-state index in [4.69, 9.17) is 0 Å². The Labute approximate surface area is 221 Å². The van der Waals surface area contributed by atoms with E-state index in [2.05, 4.69) is 89.4 Å². The lowest BCUT2D eigenvalue weighted by Gasteiger charge is -2.12. The van der Waals surface area contributed by atoms with E-state index in [1.165, 1.54) is 61.6 Å². The van der Waals surface area contributed by atoms with Crippen LogP contribution in [-0.2, 0) is 17.1 Å². The van der Waals surface area contributed by atoms with Gasteiger partial charge in [0.25, 0.3) is 0 Å². The third-order valence-corrected chi connectivity index (χ3v) is 7.54. The van der Waals surface area contributed by atoms with Gasteiger partial charge in [-0.1, -0.05) is 112 Å². The lowest BCUT2D eigenvalue weighted by Crippen LogP contribution is -2.24. The van der Waals surface area contributed by atoms with Crippen molar-refractivity contribution in [3.05, 3.63) is 71.0 Å². The van der Waals surface area contributed by atoms with Crippen LogP contribution >= 0.6 is 11.8 Å². The van der Waals surface area contributed by atoms with E-state index >= 15 is 0 Å². The van der Waals surface area contributed by atoms with Crippen LogP contribution in [0.3, 0.4) is 0 Å². The predicted molar refractivity (Wildman–Crippen MR) is 151 cm³/mol. The van der Waals surface area contributed by atoms with Gasteiger partial charge in [0.1, 0.15) is 0 Å². The molecule has 0 bridgehead atoms. The molecule has 0 radical (unpaired) electrons. The largest absolute Gasteiger partial charge is 0.349 e. The van der Waals surface area contributed by atoms with Gasteiger partial charge in [-0.15, -0.1) is 10.2 Å². The first-order valence-corrected chi connectivity index (χ1v) is 14.5. The summed E-state index contributed by atoms with van der Waals surface area (Å²) in [5, 5.41) is 12.8. The van der Waals surface area contributed by atoms with Crippen LogP contribution in [0.4, 0.5) is 0 Å². The first-order chi connectivity index (χ1) is 17.6. The molecule has 0 saturated heterocycles. The Kier molecular flexibility index (Phi) is 12.0. The number of rotatable bonds is 16. The summed E-state index contributed by atoms with van der Waals surface area (Å²) in [6.07, 6.45) is 11.8. The van der Waals surface area contributed by atoms with E-state index in [-0.39, 0.29) is 5.91 Å². The first-order valence-electron chi connectivity index (χ1n) is 13.5. The second-order valence-corrected chi connectivity index (χ2v) is 10.6. The Morgan fingerprint density at radius 2 is 1.53 bits per heavy atom.